The minimum absolute atomic E-state index is 0.738. The second-order valence-electron chi connectivity index (χ2n) is 1.41. The summed E-state index contributed by atoms with van der Waals surface area (Å²) < 4.78 is 0. The zero-order chi connectivity index (χ0) is 7.82. The SMILES string of the molecule is C=N/C=C\C(=C/C)N=C=S. The third kappa shape index (κ3) is 3.89. The number of hydrogen-bond acceptors (Lipinski definition) is 3. The van der Waals surface area contributed by atoms with E-state index in [0.717, 1.165) is 5.70 Å². The standard InChI is InChI=1S/C7H8N2S/c1-3-7(9-6-10)4-5-8-2/h3-5H,2H2,1H3/b5-4-,7-3+. The van der Waals surface area contributed by atoms with E-state index in [0.29, 0.717) is 0 Å². The van der Waals surface area contributed by atoms with Crippen molar-refractivity contribution in [2.24, 2.45) is 9.98 Å². The molecule has 0 unspecified atom stereocenters. The van der Waals surface area contributed by atoms with E-state index in [4.69, 9.17) is 0 Å². The van der Waals surface area contributed by atoms with Gasteiger partial charge in [0.15, 0.2) is 0 Å². The molecule has 0 heterocycles. The van der Waals surface area contributed by atoms with Gasteiger partial charge in [-0.15, -0.1) is 0 Å². The van der Waals surface area contributed by atoms with Crippen LogP contribution in [0.2, 0.25) is 0 Å². The number of hydrogen-bond donors (Lipinski definition) is 0. The van der Waals surface area contributed by atoms with E-state index in [1.165, 1.54) is 0 Å². The molecular formula is C7H8N2S. The molecule has 0 aliphatic heterocycles. The van der Waals surface area contributed by atoms with E-state index in [2.05, 4.69) is 34.1 Å². The summed E-state index contributed by atoms with van der Waals surface area (Å²) in [7, 11) is 0. The highest BCUT2D eigenvalue weighted by Gasteiger charge is 1.79. The Hall–Kier alpha value is -1.05. The maximum Gasteiger partial charge on any atom is 0.0712 e. The van der Waals surface area contributed by atoms with Crippen LogP contribution in [0.4, 0.5) is 0 Å². The Bertz CT molecular complexity index is 210. The van der Waals surface area contributed by atoms with Crippen LogP contribution >= 0.6 is 12.2 Å². The van der Waals surface area contributed by atoms with Gasteiger partial charge in [0.05, 0.1) is 10.9 Å². The van der Waals surface area contributed by atoms with Gasteiger partial charge in [0.25, 0.3) is 0 Å². The van der Waals surface area contributed by atoms with Crippen LogP contribution in [0.1, 0.15) is 6.92 Å². The molecule has 0 saturated heterocycles. The summed E-state index contributed by atoms with van der Waals surface area (Å²) in [5, 5.41) is 2.25. The van der Waals surface area contributed by atoms with Crippen molar-refractivity contribution in [1.29, 1.82) is 0 Å². The number of isothiocyanates is 1. The van der Waals surface area contributed by atoms with Crippen LogP contribution < -0.4 is 0 Å². The van der Waals surface area contributed by atoms with E-state index in [1.54, 1.807) is 18.4 Å². The molecule has 0 spiro atoms. The molecule has 0 bridgehead atoms. The van der Waals surface area contributed by atoms with Crippen molar-refractivity contribution >= 4 is 24.1 Å². The lowest BCUT2D eigenvalue weighted by atomic mass is 10.4. The van der Waals surface area contributed by atoms with Crippen LogP contribution in [-0.2, 0) is 0 Å². The van der Waals surface area contributed by atoms with Crippen molar-refractivity contribution in [3.8, 4) is 0 Å². The summed E-state index contributed by atoms with van der Waals surface area (Å²) in [5.41, 5.74) is 0.738. The van der Waals surface area contributed by atoms with Gasteiger partial charge in [0, 0.05) is 6.20 Å². The molecule has 0 aromatic rings. The minimum Gasteiger partial charge on any atom is -0.272 e. The monoisotopic (exact) mass is 152 g/mol. The third-order valence-corrected chi connectivity index (χ3v) is 0.913. The number of thiocarbonyl (C=S) groups is 1. The van der Waals surface area contributed by atoms with Crippen LogP contribution in [-0.4, -0.2) is 11.9 Å². The van der Waals surface area contributed by atoms with Crippen molar-refractivity contribution in [1.82, 2.24) is 0 Å². The normalized spacial score (nSPS) is 11.1. The molecule has 0 aromatic carbocycles. The molecule has 0 N–H and O–H groups in total. The molecule has 10 heavy (non-hydrogen) atoms. The first-order valence-corrected chi connectivity index (χ1v) is 3.12. The van der Waals surface area contributed by atoms with Crippen molar-refractivity contribution in [2.75, 3.05) is 0 Å². The highest BCUT2D eigenvalue weighted by molar-refractivity contribution is 7.78. The van der Waals surface area contributed by atoms with Crippen LogP contribution in [0, 0.1) is 0 Å². The van der Waals surface area contributed by atoms with Gasteiger partial charge in [-0.05, 0) is 31.9 Å². The van der Waals surface area contributed by atoms with E-state index in [-0.39, 0.29) is 0 Å². The lowest BCUT2D eigenvalue weighted by Crippen LogP contribution is -1.66. The fourth-order valence-corrected chi connectivity index (χ4v) is 0.485. The first-order valence-electron chi connectivity index (χ1n) is 2.71. The lowest BCUT2D eigenvalue weighted by Gasteiger charge is -1.83. The molecule has 0 amide bonds. The smallest absolute Gasteiger partial charge is 0.0712 e. The van der Waals surface area contributed by atoms with E-state index < -0.39 is 0 Å². The summed E-state index contributed by atoms with van der Waals surface area (Å²) in [5.74, 6) is 0. The van der Waals surface area contributed by atoms with E-state index in [1.807, 2.05) is 6.92 Å². The highest BCUT2D eigenvalue weighted by Crippen LogP contribution is 1.96. The number of nitrogens with zero attached hydrogens (tertiary/aromatic N) is 2. The Kier molecular flexibility index (Phi) is 5.44. The first-order chi connectivity index (χ1) is 4.85. The van der Waals surface area contributed by atoms with Gasteiger partial charge < -0.3 is 0 Å². The van der Waals surface area contributed by atoms with Crippen LogP contribution in [0.25, 0.3) is 0 Å². The molecule has 0 fully saturated rings. The fourth-order valence-electron chi connectivity index (χ4n) is 0.380. The first kappa shape index (κ1) is 8.95. The van der Waals surface area contributed by atoms with Gasteiger partial charge in [-0.25, -0.2) is 0 Å². The van der Waals surface area contributed by atoms with Gasteiger partial charge in [0.2, 0.25) is 0 Å². The van der Waals surface area contributed by atoms with Gasteiger partial charge >= 0.3 is 0 Å². The van der Waals surface area contributed by atoms with Crippen LogP contribution in [0.5, 0.6) is 0 Å². The zero-order valence-electron chi connectivity index (χ0n) is 5.74. The molecule has 2 nitrogen and oxygen atoms in total. The minimum atomic E-state index is 0.738. The molecule has 0 saturated carbocycles. The predicted octanol–water partition coefficient (Wildman–Crippen LogP) is 2.21. The summed E-state index contributed by atoms with van der Waals surface area (Å²) in [6.07, 6.45) is 5.05. The van der Waals surface area contributed by atoms with Crippen molar-refractivity contribution in [3.63, 3.8) is 0 Å². The third-order valence-electron chi connectivity index (χ3n) is 0.821. The fraction of sp³-hybridized carbons (Fsp3) is 0.143. The van der Waals surface area contributed by atoms with Crippen LogP contribution in [0.3, 0.4) is 0 Å². The van der Waals surface area contributed by atoms with Gasteiger partial charge in [-0.1, -0.05) is 6.08 Å². The average molecular weight is 152 g/mol. The number of allylic oxidation sites excluding steroid dienone is 2. The number of aliphatic imine (C=N–C) groups is 2. The Labute approximate surface area is 65.7 Å². The molecular weight excluding hydrogens is 144 g/mol. The average Bonchev–Trinajstić information content (AvgIpc) is 1.98. The van der Waals surface area contributed by atoms with Crippen molar-refractivity contribution in [2.45, 2.75) is 6.92 Å². The molecule has 0 aliphatic carbocycles. The van der Waals surface area contributed by atoms with Gasteiger partial charge in [-0.3, -0.25) is 4.99 Å². The molecule has 3 heteroatoms. The molecule has 52 valence electrons. The summed E-state index contributed by atoms with van der Waals surface area (Å²) in [6, 6.07) is 0. The lowest BCUT2D eigenvalue weighted by molar-refractivity contribution is 1.39. The zero-order valence-corrected chi connectivity index (χ0v) is 6.56. The maximum absolute atomic E-state index is 4.41. The largest absolute Gasteiger partial charge is 0.272 e. The van der Waals surface area contributed by atoms with E-state index >= 15 is 0 Å². The number of rotatable bonds is 3. The summed E-state index contributed by atoms with van der Waals surface area (Å²) in [4.78, 5) is 7.24. The topological polar surface area (TPSA) is 24.7 Å². The van der Waals surface area contributed by atoms with Crippen LogP contribution in [0.15, 0.2) is 34.0 Å². The highest BCUT2D eigenvalue weighted by atomic mass is 32.1. The summed E-state index contributed by atoms with van der Waals surface area (Å²) >= 11 is 4.41. The second-order valence-corrected chi connectivity index (χ2v) is 1.60. The van der Waals surface area contributed by atoms with E-state index in [9.17, 15) is 0 Å². The molecule has 0 rings (SSSR count). The Morgan fingerprint density at radius 2 is 2.40 bits per heavy atom. The molecule has 0 aromatic heterocycles. The predicted molar refractivity (Wildman–Crippen MR) is 47.5 cm³/mol. The molecule has 0 aliphatic rings. The Morgan fingerprint density at radius 3 is 2.80 bits per heavy atom. The quantitative estimate of drug-likeness (QED) is 0.345. The Balaban J connectivity index is 4.24. The second kappa shape index (κ2) is 6.08. The maximum atomic E-state index is 4.41. The van der Waals surface area contributed by atoms with Crippen molar-refractivity contribution in [3.05, 3.63) is 24.0 Å². The van der Waals surface area contributed by atoms with Gasteiger partial charge in [0.1, 0.15) is 0 Å². The van der Waals surface area contributed by atoms with Gasteiger partial charge in [-0.2, -0.15) is 4.99 Å². The van der Waals surface area contributed by atoms with Crippen molar-refractivity contribution < 1.29 is 0 Å². The molecule has 0 radical (unpaired) electrons. The Morgan fingerprint density at radius 1 is 1.70 bits per heavy atom. The summed E-state index contributed by atoms with van der Waals surface area (Å²) in [6.45, 7) is 5.13. The molecule has 0 atom stereocenters.